The number of fused-ring (bicyclic) bond motifs is 1. The average molecular weight is 516 g/mol. The van der Waals surface area contributed by atoms with Gasteiger partial charge in [-0.25, -0.2) is 9.97 Å². The topological polar surface area (TPSA) is 122 Å². The summed E-state index contributed by atoms with van der Waals surface area (Å²) in [6.07, 6.45) is 1.05. The molecule has 4 N–H and O–H groups in total. The molecule has 0 amide bonds. The molecule has 1 aliphatic carbocycles. The van der Waals surface area contributed by atoms with Gasteiger partial charge in [0.2, 0.25) is 5.95 Å². The Morgan fingerprint density at radius 3 is 2.53 bits per heavy atom. The summed E-state index contributed by atoms with van der Waals surface area (Å²) < 4.78 is 12.6. The van der Waals surface area contributed by atoms with E-state index in [-0.39, 0.29) is 30.3 Å². The number of nitrogens with zero attached hydrogens (tertiary/aromatic N) is 3. The Morgan fingerprint density at radius 2 is 1.86 bits per heavy atom. The predicted molar refractivity (Wildman–Crippen MR) is 143 cm³/mol. The highest BCUT2D eigenvalue weighted by molar-refractivity contribution is 7.21. The fraction of sp³-hybridized carbons (Fsp3) is 0.577. The normalized spacial score (nSPS) is 20.7. The Morgan fingerprint density at radius 1 is 1.11 bits per heavy atom. The third-order valence-corrected chi connectivity index (χ3v) is 7.50. The third kappa shape index (κ3) is 6.30. The Kier molecular flexibility index (Phi) is 7.82. The van der Waals surface area contributed by atoms with Crippen molar-refractivity contribution in [2.24, 2.45) is 5.92 Å². The fourth-order valence-electron chi connectivity index (χ4n) is 4.43. The summed E-state index contributed by atoms with van der Waals surface area (Å²) in [5, 5.41) is 27.9. The zero-order chi connectivity index (χ0) is 26.1. The van der Waals surface area contributed by atoms with E-state index in [0.29, 0.717) is 31.2 Å². The number of ether oxygens (including phenoxy) is 2. The van der Waals surface area contributed by atoms with Crippen molar-refractivity contribution in [2.75, 3.05) is 30.9 Å². The van der Waals surface area contributed by atoms with E-state index < -0.39 is 5.79 Å². The van der Waals surface area contributed by atoms with Crippen molar-refractivity contribution in [1.82, 2.24) is 15.0 Å². The van der Waals surface area contributed by atoms with Crippen LogP contribution in [0.25, 0.3) is 20.8 Å². The quantitative estimate of drug-likeness (QED) is 0.294. The zero-order valence-corrected chi connectivity index (χ0v) is 22.6. The molecule has 1 saturated carbocycles. The van der Waals surface area contributed by atoms with Crippen molar-refractivity contribution in [1.29, 1.82) is 0 Å². The van der Waals surface area contributed by atoms with Crippen molar-refractivity contribution in [2.45, 2.75) is 71.0 Å². The summed E-state index contributed by atoms with van der Waals surface area (Å²) >= 11 is 1.60. The molecule has 2 heterocycles. The largest absolute Gasteiger partial charge is 0.396 e. The minimum absolute atomic E-state index is 0.0658. The number of aryl methyl sites for hydroxylation is 1. The first kappa shape index (κ1) is 26.7. The molecule has 36 heavy (non-hydrogen) atoms. The Bertz CT molecular complexity index is 1160. The van der Waals surface area contributed by atoms with Crippen molar-refractivity contribution in [3.8, 4) is 10.6 Å². The number of thiazole rings is 1. The molecule has 3 aromatic rings. The van der Waals surface area contributed by atoms with Crippen molar-refractivity contribution >= 4 is 33.3 Å². The monoisotopic (exact) mass is 515 g/mol. The summed E-state index contributed by atoms with van der Waals surface area (Å²) in [4.78, 5) is 14.5. The first-order valence-corrected chi connectivity index (χ1v) is 13.1. The van der Waals surface area contributed by atoms with Crippen LogP contribution in [0.1, 0.15) is 46.2 Å². The Labute approximate surface area is 216 Å². The number of aliphatic hydroxyl groups excluding tert-OH is 1. The highest BCUT2D eigenvalue weighted by Crippen LogP contribution is 2.39. The van der Waals surface area contributed by atoms with Gasteiger partial charge in [-0.3, -0.25) is 0 Å². The molecule has 0 spiro atoms. The van der Waals surface area contributed by atoms with Gasteiger partial charge in [0, 0.05) is 20.3 Å². The standard InChI is InChI=1S/C26H37N5O4S/c1-15-21(23-30-17-9-7-8-10-20(17)36-23)22(31-24(28-15)27-14-25(2,3)34-6)29-18-11-16(13-32)12-19(18)35-26(4,5)33/h7-10,16,18-19,32-33H,11-14H2,1-6H3,(H2,27,28,29,31)/t16-,18+,19+/m0/s1. The number of hydrogen-bond acceptors (Lipinski definition) is 10. The lowest BCUT2D eigenvalue weighted by atomic mass is 10.1. The molecule has 10 heteroatoms. The number of anilines is 2. The maximum Gasteiger partial charge on any atom is 0.225 e. The zero-order valence-electron chi connectivity index (χ0n) is 21.8. The SMILES string of the molecule is COC(C)(C)CNc1nc(C)c(-c2nc3ccccc3s2)c(N[C@@H]2C[C@H](CO)C[C@H]2OC(C)(C)O)n1. The molecule has 196 valence electrons. The van der Waals surface area contributed by atoms with Crippen LogP contribution in [0.5, 0.6) is 0 Å². The van der Waals surface area contributed by atoms with E-state index in [1.165, 1.54) is 0 Å². The average Bonchev–Trinajstić information content (AvgIpc) is 3.40. The van der Waals surface area contributed by atoms with Gasteiger partial charge >= 0.3 is 0 Å². The van der Waals surface area contributed by atoms with Crippen LogP contribution < -0.4 is 10.6 Å². The molecule has 0 saturated heterocycles. The molecule has 0 unspecified atom stereocenters. The Balaban J connectivity index is 1.73. The number of hydrogen-bond donors (Lipinski definition) is 4. The third-order valence-electron chi connectivity index (χ3n) is 6.44. The number of benzene rings is 1. The van der Waals surface area contributed by atoms with Crippen molar-refractivity contribution in [3.05, 3.63) is 30.0 Å². The molecular weight excluding hydrogens is 478 g/mol. The van der Waals surface area contributed by atoms with Crippen molar-refractivity contribution < 1.29 is 19.7 Å². The maximum absolute atomic E-state index is 10.3. The van der Waals surface area contributed by atoms with E-state index in [2.05, 4.69) is 16.7 Å². The summed E-state index contributed by atoms with van der Waals surface area (Å²) in [6.45, 7) is 9.78. The van der Waals surface area contributed by atoms with Crippen LogP contribution in [-0.2, 0) is 9.47 Å². The summed E-state index contributed by atoms with van der Waals surface area (Å²) in [7, 11) is 1.68. The number of aromatic nitrogens is 3. The molecular formula is C26H37N5O4S. The van der Waals surface area contributed by atoms with Crippen LogP contribution in [0.3, 0.4) is 0 Å². The second kappa shape index (κ2) is 10.5. The molecule has 0 bridgehead atoms. The molecule has 9 nitrogen and oxygen atoms in total. The smallest absolute Gasteiger partial charge is 0.225 e. The van der Waals surface area contributed by atoms with Gasteiger partial charge in [-0.15, -0.1) is 11.3 Å². The highest BCUT2D eigenvalue weighted by Gasteiger charge is 2.38. The molecule has 1 aliphatic rings. The van der Waals surface area contributed by atoms with Gasteiger partial charge in [-0.05, 0) is 65.5 Å². The van der Waals surface area contributed by atoms with Gasteiger partial charge in [0.25, 0.3) is 0 Å². The van der Waals surface area contributed by atoms with Gasteiger partial charge < -0.3 is 30.3 Å². The van der Waals surface area contributed by atoms with E-state index in [9.17, 15) is 10.2 Å². The van der Waals surface area contributed by atoms with E-state index in [1.54, 1.807) is 32.3 Å². The second-order valence-corrected chi connectivity index (χ2v) is 11.6. The number of rotatable bonds is 10. The molecule has 0 aliphatic heterocycles. The van der Waals surface area contributed by atoms with Gasteiger partial charge in [0.1, 0.15) is 10.8 Å². The van der Waals surface area contributed by atoms with E-state index in [1.807, 2.05) is 39.0 Å². The molecule has 0 radical (unpaired) electrons. The first-order valence-electron chi connectivity index (χ1n) is 12.3. The second-order valence-electron chi connectivity index (χ2n) is 10.5. The van der Waals surface area contributed by atoms with Crippen LogP contribution in [0.2, 0.25) is 0 Å². The van der Waals surface area contributed by atoms with Crippen LogP contribution in [0, 0.1) is 12.8 Å². The summed E-state index contributed by atoms with van der Waals surface area (Å²) in [5.41, 5.74) is 2.17. The van der Waals surface area contributed by atoms with Crippen LogP contribution in [-0.4, -0.2) is 69.0 Å². The van der Waals surface area contributed by atoms with Gasteiger partial charge in [0.15, 0.2) is 5.79 Å². The lowest BCUT2D eigenvalue weighted by Crippen LogP contribution is -2.38. The predicted octanol–water partition coefficient (Wildman–Crippen LogP) is 4.20. The molecule has 4 rings (SSSR count). The number of aliphatic hydroxyl groups is 2. The molecule has 3 atom stereocenters. The van der Waals surface area contributed by atoms with E-state index >= 15 is 0 Å². The van der Waals surface area contributed by atoms with Gasteiger partial charge in [-0.1, -0.05) is 12.1 Å². The summed E-state index contributed by atoms with van der Waals surface area (Å²) in [6, 6.07) is 7.88. The molecule has 2 aromatic heterocycles. The number of para-hydroxylation sites is 1. The lowest BCUT2D eigenvalue weighted by molar-refractivity contribution is -0.205. The van der Waals surface area contributed by atoms with E-state index in [0.717, 1.165) is 26.5 Å². The fourth-order valence-corrected chi connectivity index (χ4v) is 5.50. The first-order chi connectivity index (χ1) is 17.0. The van der Waals surface area contributed by atoms with E-state index in [4.69, 9.17) is 24.4 Å². The minimum atomic E-state index is -1.29. The highest BCUT2D eigenvalue weighted by atomic mass is 32.1. The van der Waals surface area contributed by atoms with Crippen LogP contribution in [0.15, 0.2) is 24.3 Å². The number of nitrogens with one attached hydrogen (secondary N) is 2. The maximum atomic E-state index is 10.3. The van der Waals surface area contributed by atoms with Crippen molar-refractivity contribution in [3.63, 3.8) is 0 Å². The van der Waals surface area contributed by atoms with Crippen LogP contribution in [0.4, 0.5) is 11.8 Å². The molecule has 1 aromatic carbocycles. The van der Waals surface area contributed by atoms with Gasteiger partial charge in [-0.2, -0.15) is 4.98 Å². The van der Waals surface area contributed by atoms with Crippen LogP contribution >= 0.6 is 11.3 Å². The Hall–Kier alpha value is -2.37. The summed E-state index contributed by atoms with van der Waals surface area (Å²) in [5.74, 6) is -0.0807. The number of methoxy groups -OCH3 is 1. The molecule has 1 fully saturated rings. The lowest BCUT2D eigenvalue weighted by Gasteiger charge is -2.29. The minimum Gasteiger partial charge on any atom is -0.396 e. The van der Waals surface area contributed by atoms with Gasteiger partial charge in [0.05, 0.1) is 39.2 Å².